The Bertz CT molecular complexity index is 392. The highest BCUT2D eigenvalue weighted by Gasteiger charge is 2.23. The number of anilines is 1. The number of benzene rings is 1. The molecule has 0 aliphatic carbocycles. The standard InChI is InChI=1S/C15H23BrN2/c1-2-3-12-7-9-18(11-12)15-5-4-14(16)10-13(15)6-8-17/h4-5,10,12H,2-3,6-9,11,17H2,1H3. The van der Waals surface area contributed by atoms with Crippen LogP contribution in [0.15, 0.2) is 22.7 Å². The number of hydrogen-bond donors (Lipinski definition) is 1. The highest BCUT2D eigenvalue weighted by molar-refractivity contribution is 9.10. The summed E-state index contributed by atoms with van der Waals surface area (Å²) in [6, 6.07) is 6.60. The van der Waals surface area contributed by atoms with Crippen molar-refractivity contribution in [1.82, 2.24) is 0 Å². The van der Waals surface area contributed by atoms with Crippen molar-refractivity contribution in [3.63, 3.8) is 0 Å². The van der Waals surface area contributed by atoms with E-state index >= 15 is 0 Å². The van der Waals surface area contributed by atoms with Gasteiger partial charge in [0.05, 0.1) is 0 Å². The molecule has 1 aliphatic rings. The first kappa shape index (κ1) is 13.9. The van der Waals surface area contributed by atoms with E-state index in [0.29, 0.717) is 0 Å². The Hall–Kier alpha value is -0.540. The molecule has 0 saturated carbocycles. The molecule has 1 saturated heterocycles. The van der Waals surface area contributed by atoms with E-state index in [2.05, 4.69) is 46.0 Å². The second-order valence-corrected chi connectivity index (χ2v) is 6.12. The van der Waals surface area contributed by atoms with Gasteiger partial charge in [0.25, 0.3) is 0 Å². The number of halogens is 1. The van der Waals surface area contributed by atoms with E-state index in [1.54, 1.807) is 0 Å². The normalized spacial score (nSPS) is 19.5. The van der Waals surface area contributed by atoms with Crippen LogP contribution in [-0.2, 0) is 6.42 Å². The van der Waals surface area contributed by atoms with E-state index in [4.69, 9.17) is 5.73 Å². The van der Waals surface area contributed by atoms with Crippen molar-refractivity contribution in [1.29, 1.82) is 0 Å². The minimum Gasteiger partial charge on any atom is -0.371 e. The average Bonchev–Trinajstić information content (AvgIpc) is 2.79. The van der Waals surface area contributed by atoms with Crippen molar-refractivity contribution in [3.8, 4) is 0 Å². The van der Waals surface area contributed by atoms with Crippen LogP contribution in [-0.4, -0.2) is 19.6 Å². The lowest BCUT2D eigenvalue weighted by Gasteiger charge is -2.22. The van der Waals surface area contributed by atoms with Gasteiger partial charge in [0.15, 0.2) is 0 Å². The van der Waals surface area contributed by atoms with Crippen LogP contribution >= 0.6 is 15.9 Å². The van der Waals surface area contributed by atoms with Gasteiger partial charge in [-0.05, 0) is 55.5 Å². The predicted molar refractivity (Wildman–Crippen MR) is 82.1 cm³/mol. The SMILES string of the molecule is CCCC1CCN(c2ccc(Br)cc2CCN)C1. The van der Waals surface area contributed by atoms with Gasteiger partial charge in [-0.2, -0.15) is 0 Å². The van der Waals surface area contributed by atoms with Crippen molar-refractivity contribution in [3.05, 3.63) is 28.2 Å². The molecule has 1 atom stereocenters. The number of hydrogen-bond acceptors (Lipinski definition) is 2. The lowest BCUT2D eigenvalue weighted by atomic mass is 10.0. The van der Waals surface area contributed by atoms with Crippen molar-refractivity contribution in [2.75, 3.05) is 24.5 Å². The molecule has 1 heterocycles. The van der Waals surface area contributed by atoms with E-state index in [-0.39, 0.29) is 0 Å². The summed E-state index contributed by atoms with van der Waals surface area (Å²) in [6.45, 7) is 5.41. The molecule has 0 spiro atoms. The molecular weight excluding hydrogens is 288 g/mol. The van der Waals surface area contributed by atoms with Crippen LogP contribution in [0.2, 0.25) is 0 Å². The first-order valence-corrected chi connectivity index (χ1v) is 7.77. The summed E-state index contributed by atoms with van der Waals surface area (Å²) in [5, 5.41) is 0. The second-order valence-electron chi connectivity index (χ2n) is 5.20. The van der Waals surface area contributed by atoms with E-state index in [1.165, 1.54) is 43.6 Å². The fourth-order valence-electron chi connectivity index (χ4n) is 2.91. The van der Waals surface area contributed by atoms with Crippen molar-refractivity contribution < 1.29 is 0 Å². The fourth-order valence-corrected chi connectivity index (χ4v) is 3.32. The van der Waals surface area contributed by atoms with E-state index in [9.17, 15) is 0 Å². The quantitative estimate of drug-likeness (QED) is 0.900. The van der Waals surface area contributed by atoms with Gasteiger partial charge in [-0.25, -0.2) is 0 Å². The lowest BCUT2D eigenvalue weighted by Crippen LogP contribution is -2.21. The Morgan fingerprint density at radius 3 is 3.00 bits per heavy atom. The Labute approximate surface area is 119 Å². The zero-order chi connectivity index (χ0) is 13.0. The summed E-state index contributed by atoms with van der Waals surface area (Å²) in [4.78, 5) is 2.54. The average molecular weight is 311 g/mol. The summed E-state index contributed by atoms with van der Waals surface area (Å²) in [6.07, 6.45) is 4.96. The van der Waals surface area contributed by atoms with Crippen LogP contribution in [0.4, 0.5) is 5.69 Å². The molecule has 2 nitrogen and oxygen atoms in total. The van der Waals surface area contributed by atoms with Crippen molar-refractivity contribution >= 4 is 21.6 Å². The van der Waals surface area contributed by atoms with Gasteiger partial charge >= 0.3 is 0 Å². The molecule has 0 amide bonds. The molecule has 2 rings (SSSR count). The van der Waals surface area contributed by atoms with Crippen LogP contribution in [0.25, 0.3) is 0 Å². The van der Waals surface area contributed by atoms with E-state index in [1.807, 2.05) is 0 Å². The third-order valence-corrected chi connectivity index (χ3v) is 4.27. The van der Waals surface area contributed by atoms with Gasteiger partial charge in [-0.3, -0.25) is 0 Å². The first-order chi connectivity index (χ1) is 8.74. The predicted octanol–water partition coefficient (Wildman–Crippen LogP) is 3.58. The molecule has 3 heteroatoms. The molecule has 0 bridgehead atoms. The van der Waals surface area contributed by atoms with Gasteiger partial charge in [-0.15, -0.1) is 0 Å². The minimum atomic E-state index is 0.718. The van der Waals surface area contributed by atoms with E-state index < -0.39 is 0 Å². The van der Waals surface area contributed by atoms with Crippen molar-refractivity contribution in [2.45, 2.75) is 32.6 Å². The summed E-state index contributed by atoms with van der Waals surface area (Å²) in [5.41, 5.74) is 8.49. The van der Waals surface area contributed by atoms with Crippen LogP contribution in [0.5, 0.6) is 0 Å². The summed E-state index contributed by atoms with van der Waals surface area (Å²) < 4.78 is 1.15. The monoisotopic (exact) mass is 310 g/mol. The topological polar surface area (TPSA) is 29.3 Å². The molecule has 100 valence electrons. The zero-order valence-electron chi connectivity index (χ0n) is 11.2. The van der Waals surface area contributed by atoms with Gasteiger partial charge in [0.2, 0.25) is 0 Å². The largest absolute Gasteiger partial charge is 0.371 e. The third kappa shape index (κ3) is 3.27. The Balaban J connectivity index is 2.13. The maximum Gasteiger partial charge on any atom is 0.0400 e. The molecule has 0 aromatic heterocycles. The second kappa shape index (κ2) is 6.58. The molecule has 18 heavy (non-hydrogen) atoms. The molecule has 1 fully saturated rings. The molecule has 2 N–H and O–H groups in total. The van der Waals surface area contributed by atoms with Gasteiger partial charge in [-0.1, -0.05) is 29.3 Å². The molecule has 1 aliphatic heterocycles. The van der Waals surface area contributed by atoms with Gasteiger partial charge in [0, 0.05) is 23.2 Å². The Morgan fingerprint density at radius 1 is 1.44 bits per heavy atom. The molecule has 1 unspecified atom stereocenters. The van der Waals surface area contributed by atoms with Gasteiger partial charge < -0.3 is 10.6 Å². The summed E-state index contributed by atoms with van der Waals surface area (Å²) in [7, 11) is 0. The number of nitrogens with zero attached hydrogens (tertiary/aromatic N) is 1. The van der Waals surface area contributed by atoms with Crippen molar-refractivity contribution in [2.24, 2.45) is 11.7 Å². The summed E-state index contributed by atoms with van der Waals surface area (Å²) in [5.74, 6) is 0.879. The minimum absolute atomic E-state index is 0.718. The van der Waals surface area contributed by atoms with E-state index in [0.717, 1.165) is 23.4 Å². The zero-order valence-corrected chi connectivity index (χ0v) is 12.7. The highest BCUT2D eigenvalue weighted by atomic mass is 79.9. The highest BCUT2D eigenvalue weighted by Crippen LogP contribution is 2.31. The number of rotatable bonds is 5. The lowest BCUT2D eigenvalue weighted by molar-refractivity contribution is 0.529. The van der Waals surface area contributed by atoms with Crippen LogP contribution < -0.4 is 10.6 Å². The number of nitrogens with two attached hydrogens (primary N) is 1. The van der Waals surface area contributed by atoms with Crippen LogP contribution in [0, 0.1) is 5.92 Å². The smallest absolute Gasteiger partial charge is 0.0400 e. The molecule has 0 radical (unpaired) electrons. The molecule has 1 aromatic rings. The molecule has 1 aromatic carbocycles. The van der Waals surface area contributed by atoms with Crippen LogP contribution in [0.1, 0.15) is 31.7 Å². The fraction of sp³-hybridized carbons (Fsp3) is 0.600. The Morgan fingerprint density at radius 2 is 2.28 bits per heavy atom. The summed E-state index contributed by atoms with van der Waals surface area (Å²) >= 11 is 3.55. The first-order valence-electron chi connectivity index (χ1n) is 6.98. The Kier molecular flexibility index (Phi) is 5.07. The molecular formula is C15H23BrN2. The maximum absolute atomic E-state index is 5.72. The van der Waals surface area contributed by atoms with Gasteiger partial charge in [0.1, 0.15) is 0 Å². The van der Waals surface area contributed by atoms with Crippen LogP contribution in [0.3, 0.4) is 0 Å². The third-order valence-electron chi connectivity index (χ3n) is 3.78. The maximum atomic E-state index is 5.72.